The molecular formula is C9H17N4O4S+. The number of nitrogens with zero attached hydrogens (tertiary/aromatic N) is 2. The summed E-state index contributed by atoms with van der Waals surface area (Å²) in [6.45, 7) is 0.863. The van der Waals surface area contributed by atoms with E-state index in [1.54, 1.807) is 0 Å². The van der Waals surface area contributed by atoms with E-state index in [-0.39, 0.29) is 5.89 Å². The number of carbonyl (C=O) groups is 1. The minimum Gasteiger partial charge on any atom is -0.413 e. The van der Waals surface area contributed by atoms with Crippen molar-refractivity contribution in [3.05, 3.63) is 5.89 Å². The molecule has 0 saturated heterocycles. The molecule has 1 rings (SSSR count). The van der Waals surface area contributed by atoms with Gasteiger partial charge >= 0.3 is 5.22 Å². The fraction of sp³-hybridized carbons (Fsp3) is 0.667. The fourth-order valence-electron chi connectivity index (χ4n) is 1.34. The van der Waals surface area contributed by atoms with Crippen LogP contribution < -0.4 is 11.5 Å². The van der Waals surface area contributed by atoms with Crippen LogP contribution in [-0.2, 0) is 21.1 Å². The van der Waals surface area contributed by atoms with Crippen LogP contribution in [0, 0.1) is 0 Å². The number of carbonyl (C=O) groups excluding carboxylic acids is 1. The number of hydrogen-bond acceptors (Lipinski definition) is 6. The maximum Gasteiger partial charge on any atom is 0.336 e. The normalized spacial score (nSPS) is 11.6. The van der Waals surface area contributed by atoms with E-state index in [2.05, 4.69) is 15.9 Å². The number of amides is 1. The summed E-state index contributed by atoms with van der Waals surface area (Å²) in [5, 5.41) is 6.49. The summed E-state index contributed by atoms with van der Waals surface area (Å²) >= 11 is 0. The monoisotopic (exact) mass is 277 g/mol. The molecule has 1 heterocycles. The second kappa shape index (κ2) is 6.45. The van der Waals surface area contributed by atoms with Crippen molar-refractivity contribution in [1.82, 2.24) is 10.2 Å². The molecule has 9 heteroatoms. The van der Waals surface area contributed by atoms with E-state index in [0.717, 1.165) is 25.8 Å². The molecule has 5 N–H and O–H groups in total. The number of aromatic nitrogens is 2. The van der Waals surface area contributed by atoms with Crippen molar-refractivity contribution in [1.29, 1.82) is 0 Å². The van der Waals surface area contributed by atoms with Crippen molar-refractivity contribution in [2.45, 2.75) is 30.9 Å². The molecule has 0 aliphatic rings. The van der Waals surface area contributed by atoms with Crippen molar-refractivity contribution in [3.63, 3.8) is 0 Å². The number of hydrogen-bond donors (Lipinski definition) is 2. The molecule has 1 aromatic heterocycles. The van der Waals surface area contributed by atoms with Crippen molar-refractivity contribution in [3.8, 4) is 0 Å². The molecule has 0 aliphatic heterocycles. The van der Waals surface area contributed by atoms with E-state index in [0.29, 0.717) is 6.42 Å². The van der Waals surface area contributed by atoms with E-state index >= 15 is 0 Å². The molecule has 0 bridgehead atoms. The maximum atomic E-state index is 11.5. The van der Waals surface area contributed by atoms with Crippen LogP contribution in [0.2, 0.25) is 0 Å². The van der Waals surface area contributed by atoms with Gasteiger partial charge in [0.2, 0.25) is 21.6 Å². The topological polar surface area (TPSA) is 144 Å². The quantitative estimate of drug-likeness (QED) is 0.541. The fourth-order valence-corrected chi connectivity index (χ4v) is 2.23. The minimum atomic E-state index is -3.90. The molecule has 0 radical (unpaired) electrons. The second-order valence-electron chi connectivity index (χ2n) is 3.85. The zero-order valence-electron chi connectivity index (χ0n) is 9.96. The van der Waals surface area contributed by atoms with Gasteiger partial charge in [0.05, 0.1) is 6.54 Å². The van der Waals surface area contributed by atoms with Gasteiger partial charge in [-0.25, -0.2) is 8.42 Å². The summed E-state index contributed by atoms with van der Waals surface area (Å²) in [4.78, 5) is 10.6. The molecule has 1 amide bonds. The van der Waals surface area contributed by atoms with Crippen LogP contribution in [0.4, 0.5) is 0 Å². The first-order valence-corrected chi connectivity index (χ1v) is 7.23. The van der Waals surface area contributed by atoms with Gasteiger partial charge in [-0.2, -0.15) is 0 Å². The van der Waals surface area contributed by atoms with Crippen LogP contribution in [0.1, 0.15) is 25.2 Å². The lowest BCUT2D eigenvalue weighted by atomic mass is 10.2. The molecule has 0 aromatic carbocycles. The lowest BCUT2D eigenvalue weighted by Crippen LogP contribution is -2.50. The number of aryl methyl sites for hydroxylation is 1. The Hall–Kier alpha value is -1.48. The Bertz CT molecular complexity index is 496. The third-order valence-corrected chi connectivity index (χ3v) is 3.55. The summed E-state index contributed by atoms with van der Waals surface area (Å²) in [7, 11) is -3.90. The largest absolute Gasteiger partial charge is 0.413 e. The summed E-state index contributed by atoms with van der Waals surface area (Å²) in [6.07, 6.45) is 3.31. The lowest BCUT2D eigenvalue weighted by Gasteiger charge is -1.95. The Labute approximate surface area is 105 Å². The van der Waals surface area contributed by atoms with Crippen LogP contribution in [0.5, 0.6) is 0 Å². The van der Waals surface area contributed by atoms with Gasteiger partial charge in [-0.15, -0.1) is 5.10 Å². The van der Waals surface area contributed by atoms with E-state index < -0.39 is 26.7 Å². The Morgan fingerprint density at radius 3 is 2.61 bits per heavy atom. The van der Waals surface area contributed by atoms with Gasteiger partial charge in [-0.05, 0) is 19.3 Å². The molecule has 8 nitrogen and oxygen atoms in total. The summed E-state index contributed by atoms with van der Waals surface area (Å²) in [6, 6.07) is 0. The Morgan fingerprint density at radius 2 is 2.00 bits per heavy atom. The minimum absolute atomic E-state index is 0.252. The van der Waals surface area contributed by atoms with E-state index in [1.807, 2.05) is 0 Å². The van der Waals surface area contributed by atoms with Crippen LogP contribution in [0.25, 0.3) is 0 Å². The summed E-state index contributed by atoms with van der Waals surface area (Å²) in [5.41, 5.74) is 8.54. The number of quaternary nitrogens is 1. The van der Waals surface area contributed by atoms with Crippen LogP contribution >= 0.6 is 0 Å². The molecule has 1 aromatic rings. The SMILES string of the molecule is NC(=O)CS(=O)(=O)c1nnc(CCCCC[NH3+])o1. The van der Waals surface area contributed by atoms with Crippen LogP contribution in [-0.4, -0.2) is 36.8 Å². The van der Waals surface area contributed by atoms with E-state index in [4.69, 9.17) is 10.2 Å². The second-order valence-corrected chi connectivity index (χ2v) is 5.72. The first-order chi connectivity index (χ1) is 8.45. The average Bonchev–Trinajstić information content (AvgIpc) is 2.72. The van der Waals surface area contributed by atoms with Crippen molar-refractivity contribution in [2.75, 3.05) is 12.3 Å². The van der Waals surface area contributed by atoms with Gasteiger partial charge in [0.1, 0.15) is 5.75 Å². The van der Waals surface area contributed by atoms with Crippen molar-refractivity contribution >= 4 is 15.7 Å². The molecule has 0 spiro atoms. The van der Waals surface area contributed by atoms with Gasteiger partial charge in [0, 0.05) is 6.42 Å². The maximum absolute atomic E-state index is 11.5. The van der Waals surface area contributed by atoms with Gasteiger partial charge in [0.15, 0.2) is 0 Å². The number of rotatable bonds is 8. The van der Waals surface area contributed by atoms with Gasteiger partial charge in [-0.3, -0.25) is 4.79 Å². The zero-order valence-corrected chi connectivity index (χ0v) is 10.8. The van der Waals surface area contributed by atoms with Gasteiger partial charge < -0.3 is 15.9 Å². The summed E-state index contributed by atoms with van der Waals surface area (Å²) < 4.78 is 28.0. The van der Waals surface area contributed by atoms with Gasteiger partial charge in [0.25, 0.3) is 0 Å². The molecule has 0 saturated carbocycles. The van der Waals surface area contributed by atoms with E-state index in [9.17, 15) is 13.2 Å². The standard InChI is InChI=1S/C9H16N4O4S/c10-5-3-1-2-4-8-12-13-9(17-8)18(15,16)6-7(11)14/h1-6,10H2,(H2,11,14)/p+1. The van der Waals surface area contributed by atoms with Crippen molar-refractivity contribution < 1.29 is 23.4 Å². The molecule has 0 aliphatic carbocycles. The summed E-state index contributed by atoms with van der Waals surface area (Å²) in [5.74, 6) is -1.52. The Morgan fingerprint density at radius 1 is 1.28 bits per heavy atom. The van der Waals surface area contributed by atoms with Crippen LogP contribution in [0.3, 0.4) is 0 Å². The van der Waals surface area contributed by atoms with Crippen LogP contribution in [0.15, 0.2) is 9.64 Å². The lowest BCUT2D eigenvalue weighted by molar-refractivity contribution is -0.368. The Kier molecular flexibility index (Phi) is 5.23. The molecule has 0 atom stereocenters. The highest BCUT2D eigenvalue weighted by atomic mass is 32.2. The number of primary amides is 1. The Balaban J connectivity index is 2.60. The highest BCUT2D eigenvalue weighted by Gasteiger charge is 2.24. The molecule has 0 unspecified atom stereocenters. The molecule has 18 heavy (non-hydrogen) atoms. The first-order valence-electron chi connectivity index (χ1n) is 5.58. The molecular weight excluding hydrogens is 260 g/mol. The smallest absolute Gasteiger partial charge is 0.336 e. The van der Waals surface area contributed by atoms with Gasteiger partial charge in [-0.1, -0.05) is 5.10 Å². The third-order valence-electron chi connectivity index (χ3n) is 2.19. The highest BCUT2D eigenvalue weighted by Crippen LogP contribution is 2.11. The first kappa shape index (κ1) is 14.6. The predicted octanol–water partition coefficient (Wildman–Crippen LogP) is -1.72. The number of sulfone groups is 1. The average molecular weight is 277 g/mol. The molecule has 0 fully saturated rings. The zero-order chi connectivity index (χ0) is 13.6. The van der Waals surface area contributed by atoms with Crippen molar-refractivity contribution in [2.24, 2.45) is 5.73 Å². The molecule has 102 valence electrons. The highest BCUT2D eigenvalue weighted by molar-refractivity contribution is 7.91. The predicted molar refractivity (Wildman–Crippen MR) is 60.9 cm³/mol. The van der Waals surface area contributed by atoms with E-state index in [1.165, 1.54) is 0 Å². The number of nitrogens with two attached hydrogens (primary N) is 1. The third kappa shape index (κ3) is 4.41. The number of unbranched alkanes of at least 4 members (excludes halogenated alkanes) is 2.